The zero-order chi connectivity index (χ0) is 10.8. The minimum Gasteiger partial charge on any atom is -0.384 e. The number of rotatable bonds is 4. The predicted molar refractivity (Wildman–Crippen MR) is 55.7 cm³/mol. The fourth-order valence-electron chi connectivity index (χ4n) is 1.11. The zero-order valence-electron chi connectivity index (χ0n) is 8.40. The molecule has 0 radical (unpaired) electrons. The van der Waals surface area contributed by atoms with Crippen molar-refractivity contribution in [3.05, 3.63) is 11.8 Å². The smallest absolute Gasteiger partial charge is 0.151 e. The summed E-state index contributed by atoms with van der Waals surface area (Å²) in [6.45, 7) is 3.78. The lowest BCUT2D eigenvalue weighted by atomic mass is 10.5. The minimum absolute atomic E-state index is 0.0921. The lowest BCUT2D eigenvalue weighted by Gasteiger charge is -2.03. The highest BCUT2D eigenvalue weighted by atomic mass is 32.2. The van der Waals surface area contributed by atoms with Gasteiger partial charge in [-0.05, 0) is 6.92 Å². The topological polar surface area (TPSA) is 78.0 Å². The van der Waals surface area contributed by atoms with Crippen LogP contribution in [0.3, 0.4) is 0 Å². The fourth-order valence-corrected chi connectivity index (χ4v) is 1.85. The van der Waals surface area contributed by atoms with Crippen molar-refractivity contribution in [3.8, 4) is 0 Å². The Morgan fingerprint density at radius 3 is 2.64 bits per heavy atom. The highest BCUT2D eigenvalue weighted by Gasteiger charge is 2.09. The molecule has 0 aliphatic heterocycles. The molecule has 0 saturated carbocycles. The third-order valence-electron chi connectivity index (χ3n) is 1.99. The summed E-state index contributed by atoms with van der Waals surface area (Å²) < 4.78 is 23.9. The van der Waals surface area contributed by atoms with Crippen molar-refractivity contribution in [1.29, 1.82) is 0 Å². The van der Waals surface area contributed by atoms with Crippen molar-refractivity contribution in [2.45, 2.75) is 20.4 Å². The molecule has 0 atom stereocenters. The third kappa shape index (κ3) is 2.73. The van der Waals surface area contributed by atoms with Gasteiger partial charge in [-0.3, -0.25) is 0 Å². The Morgan fingerprint density at radius 1 is 1.57 bits per heavy atom. The van der Waals surface area contributed by atoms with Gasteiger partial charge in [0.15, 0.2) is 9.84 Å². The average Bonchev–Trinajstić information content (AvgIpc) is 2.42. The van der Waals surface area contributed by atoms with Gasteiger partial charge in [-0.25, -0.2) is 13.1 Å². The van der Waals surface area contributed by atoms with Gasteiger partial charge >= 0.3 is 0 Å². The van der Waals surface area contributed by atoms with Crippen LogP contribution in [-0.2, 0) is 16.4 Å². The van der Waals surface area contributed by atoms with Crippen LogP contribution in [0.25, 0.3) is 0 Å². The van der Waals surface area contributed by atoms with Gasteiger partial charge in [0, 0.05) is 11.8 Å². The Hall–Kier alpha value is -1.04. The molecule has 2 N–H and O–H groups in total. The maximum Gasteiger partial charge on any atom is 0.151 e. The molecular weight excluding hydrogens is 202 g/mol. The van der Waals surface area contributed by atoms with Crippen molar-refractivity contribution in [2.24, 2.45) is 0 Å². The van der Waals surface area contributed by atoms with E-state index < -0.39 is 9.84 Å². The molecule has 1 heterocycles. The molecule has 0 aliphatic rings. The Kier molecular flexibility index (Phi) is 3.15. The summed E-state index contributed by atoms with van der Waals surface area (Å²) in [4.78, 5) is 0. The molecule has 0 aliphatic carbocycles. The molecule has 0 aromatic carbocycles. The first kappa shape index (κ1) is 11.0. The molecule has 0 spiro atoms. The number of hydrogen-bond donors (Lipinski definition) is 1. The maximum absolute atomic E-state index is 11.2. The van der Waals surface area contributed by atoms with Gasteiger partial charge in [-0.1, -0.05) is 6.92 Å². The predicted octanol–water partition coefficient (Wildman–Crippen LogP) is 0.208. The number of nitrogens with zero attached hydrogens (tertiary/aromatic N) is 2. The molecule has 0 saturated heterocycles. The molecule has 1 aromatic rings. The second-order valence-corrected chi connectivity index (χ2v) is 5.64. The van der Waals surface area contributed by atoms with Gasteiger partial charge in [0.05, 0.1) is 18.0 Å². The first-order chi connectivity index (χ1) is 6.44. The van der Waals surface area contributed by atoms with Crippen molar-refractivity contribution in [3.63, 3.8) is 0 Å². The van der Waals surface area contributed by atoms with E-state index in [-0.39, 0.29) is 11.5 Å². The fraction of sp³-hybridized carbons (Fsp3) is 0.625. The van der Waals surface area contributed by atoms with Crippen LogP contribution < -0.4 is 5.73 Å². The Balaban J connectivity index is 2.67. The molecule has 1 rings (SSSR count). The second kappa shape index (κ2) is 4.00. The van der Waals surface area contributed by atoms with Crippen LogP contribution in [0, 0.1) is 6.92 Å². The molecule has 1 aromatic heterocycles. The normalized spacial score (nSPS) is 11.9. The summed E-state index contributed by atoms with van der Waals surface area (Å²) >= 11 is 0. The largest absolute Gasteiger partial charge is 0.384 e. The van der Waals surface area contributed by atoms with E-state index in [0.29, 0.717) is 12.4 Å². The van der Waals surface area contributed by atoms with Crippen molar-refractivity contribution >= 4 is 15.7 Å². The zero-order valence-corrected chi connectivity index (χ0v) is 9.21. The van der Waals surface area contributed by atoms with E-state index in [9.17, 15) is 8.42 Å². The van der Waals surface area contributed by atoms with E-state index in [1.807, 2.05) is 6.92 Å². The number of nitrogens with two attached hydrogens (primary N) is 1. The van der Waals surface area contributed by atoms with Crippen LogP contribution in [0.5, 0.6) is 0 Å². The molecule has 0 fully saturated rings. The summed E-state index contributed by atoms with van der Waals surface area (Å²) in [7, 11) is -2.94. The molecular formula is C8H15N3O2S. The Morgan fingerprint density at radius 2 is 2.21 bits per heavy atom. The van der Waals surface area contributed by atoms with Crippen molar-refractivity contribution in [1.82, 2.24) is 9.78 Å². The van der Waals surface area contributed by atoms with Crippen LogP contribution >= 0.6 is 0 Å². The number of anilines is 1. The van der Waals surface area contributed by atoms with Crippen molar-refractivity contribution < 1.29 is 8.42 Å². The molecule has 14 heavy (non-hydrogen) atoms. The van der Waals surface area contributed by atoms with Crippen LogP contribution in [-0.4, -0.2) is 29.7 Å². The first-order valence-corrected chi connectivity index (χ1v) is 6.27. The van der Waals surface area contributed by atoms with Crippen LogP contribution in [0.4, 0.5) is 5.82 Å². The van der Waals surface area contributed by atoms with E-state index in [4.69, 9.17) is 5.73 Å². The Bertz CT molecular complexity index is 408. The highest BCUT2D eigenvalue weighted by molar-refractivity contribution is 7.91. The van der Waals surface area contributed by atoms with Gasteiger partial charge in [0.1, 0.15) is 5.82 Å². The lowest BCUT2D eigenvalue weighted by Crippen LogP contribution is -2.16. The molecule has 5 nitrogen and oxygen atoms in total. The van der Waals surface area contributed by atoms with Gasteiger partial charge in [0.25, 0.3) is 0 Å². The van der Waals surface area contributed by atoms with E-state index in [1.165, 1.54) is 4.68 Å². The van der Waals surface area contributed by atoms with Crippen molar-refractivity contribution in [2.75, 3.05) is 17.2 Å². The maximum atomic E-state index is 11.2. The quantitative estimate of drug-likeness (QED) is 0.782. The highest BCUT2D eigenvalue weighted by Crippen LogP contribution is 2.05. The first-order valence-electron chi connectivity index (χ1n) is 4.45. The number of aromatic nitrogens is 2. The summed E-state index contributed by atoms with van der Waals surface area (Å²) in [5.74, 6) is 0.760. The summed E-state index contributed by atoms with van der Waals surface area (Å²) in [6, 6.07) is 1.72. The number of hydrogen-bond acceptors (Lipinski definition) is 4. The number of sulfone groups is 1. The second-order valence-electron chi connectivity index (χ2n) is 3.17. The van der Waals surface area contributed by atoms with Gasteiger partial charge in [-0.2, -0.15) is 5.10 Å². The van der Waals surface area contributed by atoms with E-state index in [2.05, 4.69) is 5.10 Å². The van der Waals surface area contributed by atoms with Gasteiger partial charge in [0.2, 0.25) is 0 Å². The standard InChI is InChI=1S/C8H15N3O2S/c1-3-14(12,13)5-4-11-8(9)6-7(2)10-11/h6H,3-5,9H2,1-2H3. The van der Waals surface area contributed by atoms with Gasteiger partial charge in [-0.15, -0.1) is 0 Å². The molecule has 0 amide bonds. The number of nitrogen functional groups attached to an aromatic ring is 1. The van der Waals surface area contributed by atoms with Crippen LogP contribution in [0.15, 0.2) is 6.07 Å². The lowest BCUT2D eigenvalue weighted by molar-refractivity contribution is 0.582. The summed E-state index contributed by atoms with van der Waals surface area (Å²) in [6.07, 6.45) is 0. The van der Waals surface area contributed by atoms with E-state index in [1.54, 1.807) is 13.0 Å². The minimum atomic E-state index is -2.94. The summed E-state index contributed by atoms with van der Waals surface area (Å²) in [5, 5.41) is 4.07. The van der Waals surface area contributed by atoms with Crippen LogP contribution in [0.2, 0.25) is 0 Å². The molecule has 80 valence electrons. The molecule has 6 heteroatoms. The molecule has 0 unspecified atom stereocenters. The van der Waals surface area contributed by atoms with Gasteiger partial charge < -0.3 is 5.73 Å². The Labute approximate surface area is 83.8 Å². The average molecular weight is 217 g/mol. The van der Waals surface area contributed by atoms with Crippen LogP contribution in [0.1, 0.15) is 12.6 Å². The molecule has 0 bridgehead atoms. The monoisotopic (exact) mass is 217 g/mol. The van der Waals surface area contributed by atoms with E-state index in [0.717, 1.165) is 5.69 Å². The third-order valence-corrected chi connectivity index (χ3v) is 3.67. The number of aryl methyl sites for hydroxylation is 2. The SMILES string of the molecule is CCS(=O)(=O)CCn1nc(C)cc1N. The van der Waals surface area contributed by atoms with E-state index >= 15 is 0 Å². The summed E-state index contributed by atoms with van der Waals surface area (Å²) in [5.41, 5.74) is 6.42.